The Morgan fingerprint density at radius 2 is 1.93 bits per heavy atom. The van der Waals surface area contributed by atoms with E-state index in [1.54, 1.807) is 19.9 Å². The highest BCUT2D eigenvalue weighted by Gasteiger charge is 2.68. The van der Waals surface area contributed by atoms with Gasteiger partial charge in [0.15, 0.2) is 5.78 Å². The number of aliphatic hydroxyl groups is 1. The average Bonchev–Trinajstić information content (AvgIpc) is 2.57. The van der Waals surface area contributed by atoms with Gasteiger partial charge in [-0.1, -0.05) is 13.0 Å². The number of rotatable bonds is 3. The Kier molecular flexibility index (Phi) is 4.31. The molecule has 6 heteroatoms. The number of Topliss-reactive ketones (excluding diaryl/α,β-unsaturated/α-hetero) is 1. The second-order valence-electron chi connectivity index (χ2n) is 9.27. The van der Waals surface area contributed by atoms with Crippen molar-refractivity contribution in [1.82, 2.24) is 0 Å². The highest BCUT2D eigenvalue weighted by molar-refractivity contribution is 5.96. The number of ketones is 1. The van der Waals surface area contributed by atoms with Gasteiger partial charge >= 0.3 is 5.97 Å². The first kappa shape index (κ1) is 19.9. The van der Waals surface area contributed by atoms with Gasteiger partial charge < -0.3 is 19.7 Å². The van der Waals surface area contributed by atoms with Crippen LogP contribution in [0.5, 0.6) is 0 Å². The van der Waals surface area contributed by atoms with Crippen LogP contribution >= 0.6 is 0 Å². The van der Waals surface area contributed by atoms with Gasteiger partial charge in [-0.2, -0.15) is 0 Å². The van der Waals surface area contributed by atoms with Crippen LogP contribution in [0, 0.1) is 16.7 Å². The molecule has 0 aromatic carbocycles. The van der Waals surface area contributed by atoms with E-state index in [2.05, 4.69) is 6.58 Å². The van der Waals surface area contributed by atoms with E-state index in [0.29, 0.717) is 30.8 Å². The van der Waals surface area contributed by atoms with Gasteiger partial charge in [0.1, 0.15) is 11.7 Å². The molecule has 3 rings (SSSR count). The summed E-state index contributed by atoms with van der Waals surface area (Å²) in [5.41, 5.74) is -4.08. The summed E-state index contributed by atoms with van der Waals surface area (Å²) in [6, 6.07) is 0. The second-order valence-corrected chi connectivity index (χ2v) is 9.27. The van der Waals surface area contributed by atoms with Crippen molar-refractivity contribution in [3.8, 4) is 0 Å². The fraction of sp³-hybridized carbons (Fsp3) is 0.714. The molecular formula is C21H30O6. The smallest absolute Gasteiger partial charge is 0.312 e. The van der Waals surface area contributed by atoms with Crippen LogP contribution in [0.4, 0.5) is 0 Å². The van der Waals surface area contributed by atoms with Crippen molar-refractivity contribution in [2.45, 2.75) is 77.6 Å². The fourth-order valence-corrected chi connectivity index (χ4v) is 5.31. The van der Waals surface area contributed by atoms with E-state index in [1.807, 2.05) is 20.8 Å². The molecule has 1 aliphatic carbocycles. The molecule has 1 saturated carbocycles. The van der Waals surface area contributed by atoms with Crippen molar-refractivity contribution in [1.29, 1.82) is 0 Å². The molecule has 0 bridgehead atoms. The van der Waals surface area contributed by atoms with Gasteiger partial charge in [0.25, 0.3) is 5.95 Å². The monoisotopic (exact) mass is 378 g/mol. The van der Waals surface area contributed by atoms with Crippen LogP contribution < -0.4 is 0 Å². The molecule has 5 atom stereocenters. The van der Waals surface area contributed by atoms with E-state index in [4.69, 9.17) is 9.47 Å². The highest BCUT2D eigenvalue weighted by Crippen LogP contribution is 2.63. The van der Waals surface area contributed by atoms with Gasteiger partial charge in [-0.05, 0) is 47.0 Å². The Hall–Kier alpha value is -1.82. The van der Waals surface area contributed by atoms with E-state index in [0.717, 1.165) is 0 Å². The quantitative estimate of drug-likeness (QED) is 0.733. The number of carbonyl (C=O) groups excluding carboxylic acids is 1. The van der Waals surface area contributed by atoms with Gasteiger partial charge in [-0.25, -0.2) is 0 Å². The third-order valence-electron chi connectivity index (χ3n) is 7.43. The number of carboxylic acids is 1. The third-order valence-corrected chi connectivity index (χ3v) is 7.43. The number of ether oxygens (including phenoxy) is 2. The van der Waals surface area contributed by atoms with Crippen LogP contribution in [0.15, 0.2) is 24.2 Å². The molecule has 0 radical (unpaired) electrons. The van der Waals surface area contributed by atoms with E-state index in [-0.39, 0.29) is 24.2 Å². The molecule has 2 heterocycles. The minimum atomic E-state index is -1.54. The largest absolute Gasteiger partial charge is 0.481 e. The summed E-state index contributed by atoms with van der Waals surface area (Å²) in [6.45, 7) is 12.6. The normalized spacial score (nSPS) is 41.8. The number of carbonyl (C=O) groups is 2. The molecule has 2 N–H and O–H groups in total. The van der Waals surface area contributed by atoms with Crippen molar-refractivity contribution in [2.75, 3.05) is 0 Å². The zero-order chi connectivity index (χ0) is 20.4. The van der Waals surface area contributed by atoms with Crippen molar-refractivity contribution in [3.63, 3.8) is 0 Å². The first-order chi connectivity index (χ1) is 12.3. The zero-order valence-corrected chi connectivity index (χ0v) is 16.8. The molecule has 6 nitrogen and oxygen atoms in total. The minimum Gasteiger partial charge on any atom is -0.481 e. The fourth-order valence-electron chi connectivity index (χ4n) is 5.31. The summed E-state index contributed by atoms with van der Waals surface area (Å²) in [7, 11) is 0. The van der Waals surface area contributed by atoms with Crippen molar-refractivity contribution in [2.24, 2.45) is 16.7 Å². The average molecular weight is 378 g/mol. The number of hydrogen-bond acceptors (Lipinski definition) is 5. The van der Waals surface area contributed by atoms with Crippen LogP contribution in [-0.4, -0.2) is 39.3 Å². The van der Waals surface area contributed by atoms with Gasteiger partial charge in [0, 0.05) is 17.8 Å². The number of allylic oxidation sites excluding steroid dienone is 1. The van der Waals surface area contributed by atoms with E-state index in [9.17, 15) is 19.8 Å². The molecule has 1 fully saturated rings. The molecule has 0 aromatic rings. The molecule has 2 aliphatic heterocycles. The number of fused-ring (bicyclic) bond motifs is 1. The Labute approximate surface area is 160 Å². The lowest BCUT2D eigenvalue weighted by Crippen LogP contribution is -2.69. The van der Waals surface area contributed by atoms with Gasteiger partial charge in [0.05, 0.1) is 16.6 Å². The van der Waals surface area contributed by atoms with Gasteiger partial charge in [-0.15, -0.1) is 6.58 Å². The lowest BCUT2D eigenvalue weighted by atomic mass is 9.46. The molecule has 3 aliphatic rings. The minimum absolute atomic E-state index is 0.0104. The lowest BCUT2D eigenvalue weighted by Gasteiger charge is -2.63. The van der Waals surface area contributed by atoms with Crippen LogP contribution in [0.2, 0.25) is 0 Å². The number of hydrogen-bond donors (Lipinski definition) is 2. The Morgan fingerprint density at radius 3 is 2.48 bits per heavy atom. The number of carboxylic acid groups (broad SMARTS) is 1. The molecule has 27 heavy (non-hydrogen) atoms. The van der Waals surface area contributed by atoms with E-state index in [1.165, 1.54) is 0 Å². The summed E-state index contributed by atoms with van der Waals surface area (Å²) in [4.78, 5) is 24.6. The summed E-state index contributed by atoms with van der Waals surface area (Å²) in [6.07, 6.45) is 2.78. The van der Waals surface area contributed by atoms with Crippen LogP contribution in [0.1, 0.15) is 60.3 Å². The maximum atomic E-state index is 12.6. The zero-order valence-electron chi connectivity index (χ0n) is 16.8. The number of aliphatic carboxylic acids is 1. The summed E-state index contributed by atoms with van der Waals surface area (Å²) in [5, 5.41) is 21.5. The predicted octanol–water partition coefficient (Wildman–Crippen LogP) is 3.20. The van der Waals surface area contributed by atoms with Crippen molar-refractivity contribution in [3.05, 3.63) is 24.2 Å². The Bertz CT molecular complexity index is 737. The first-order valence-corrected chi connectivity index (χ1v) is 9.54. The molecule has 0 amide bonds. The van der Waals surface area contributed by atoms with Gasteiger partial charge in [-0.3, -0.25) is 9.59 Å². The standard InChI is InChI=1S/C21H30O6/c1-7-19(5)15-11-13-14(22)10-12(2)26-16(13)27-20(15,6)8-9-21(19,25)18(3,4)17(23)24/h7,12,15,25H,1,8-11H2,2-6H3,(H,23,24). The van der Waals surface area contributed by atoms with Crippen molar-refractivity contribution < 1.29 is 29.3 Å². The van der Waals surface area contributed by atoms with Crippen LogP contribution in [0.3, 0.4) is 0 Å². The topological polar surface area (TPSA) is 93.1 Å². The molecule has 0 saturated heterocycles. The molecular weight excluding hydrogens is 348 g/mol. The van der Waals surface area contributed by atoms with Crippen molar-refractivity contribution >= 4 is 11.8 Å². The van der Waals surface area contributed by atoms with E-state index < -0.39 is 28.0 Å². The molecule has 150 valence electrons. The molecule has 0 aromatic heterocycles. The Balaban J connectivity index is 2.12. The second kappa shape index (κ2) is 5.84. The molecule has 0 spiro atoms. The first-order valence-electron chi connectivity index (χ1n) is 9.54. The Morgan fingerprint density at radius 1 is 1.30 bits per heavy atom. The van der Waals surface area contributed by atoms with Gasteiger partial charge in [0.2, 0.25) is 0 Å². The molecule has 5 unspecified atom stereocenters. The summed E-state index contributed by atoms with van der Waals surface area (Å²) < 4.78 is 12.0. The summed E-state index contributed by atoms with van der Waals surface area (Å²) >= 11 is 0. The van der Waals surface area contributed by atoms with Crippen LogP contribution in [0.25, 0.3) is 0 Å². The predicted molar refractivity (Wildman–Crippen MR) is 98.7 cm³/mol. The maximum Gasteiger partial charge on any atom is 0.312 e. The summed E-state index contributed by atoms with van der Waals surface area (Å²) in [5.74, 6) is -1.08. The highest BCUT2D eigenvalue weighted by atomic mass is 16.7. The SMILES string of the molecule is C=CC1(C)C2CC3=C(OC(C)CC3=O)OC2(C)CCC1(O)C(C)(C)C(=O)O. The maximum absolute atomic E-state index is 12.6. The third kappa shape index (κ3) is 2.49. The van der Waals surface area contributed by atoms with E-state index >= 15 is 0 Å². The van der Waals surface area contributed by atoms with Crippen LogP contribution in [-0.2, 0) is 19.1 Å². The lowest BCUT2D eigenvalue weighted by molar-refractivity contribution is -0.252.